The molecule has 5 N–H and O–H groups in total. The van der Waals surface area contributed by atoms with Gasteiger partial charge in [-0.25, -0.2) is 0 Å². The lowest BCUT2D eigenvalue weighted by Crippen LogP contribution is -2.46. The van der Waals surface area contributed by atoms with Crippen molar-refractivity contribution in [2.24, 2.45) is 17.4 Å². The van der Waals surface area contributed by atoms with Crippen molar-refractivity contribution in [3.63, 3.8) is 0 Å². The van der Waals surface area contributed by atoms with Gasteiger partial charge in [-0.3, -0.25) is 9.59 Å². The topological polar surface area (TPSA) is 110 Å². The number of aliphatic carboxylic acids is 1. The summed E-state index contributed by atoms with van der Waals surface area (Å²) in [5.41, 5.74) is 10.6. The van der Waals surface area contributed by atoms with Gasteiger partial charge in [-0.05, 0) is 25.9 Å². The summed E-state index contributed by atoms with van der Waals surface area (Å²) in [4.78, 5) is 23.4. The minimum absolute atomic E-state index is 0.0673. The second-order valence-electron chi connectivity index (χ2n) is 3.92. The monoisotopic (exact) mass is 215 g/mol. The predicted octanol–water partition coefficient (Wildman–Crippen LogP) is -1.40. The lowest BCUT2D eigenvalue weighted by Gasteiger charge is -2.31. The molecule has 1 unspecified atom stereocenters. The van der Waals surface area contributed by atoms with E-state index in [4.69, 9.17) is 16.6 Å². The molecule has 0 aromatic rings. The molecule has 1 aliphatic heterocycles. The molecule has 0 aromatic heterocycles. The molecule has 0 saturated carbocycles. The van der Waals surface area contributed by atoms with E-state index in [0.717, 1.165) is 0 Å². The SMILES string of the molecule is NC(=O)C1CCN(CC(N)C(=O)O)CC1. The first-order valence-corrected chi connectivity index (χ1v) is 5.00. The van der Waals surface area contributed by atoms with Crippen molar-refractivity contribution in [2.45, 2.75) is 18.9 Å². The van der Waals surface area contributed by atoms with Gasteiger partial charge in [-0.15, -0.1) is 0 Å². The number of hydrogen-bond donors (Lipinski definition) is 3. The first kappa shape index (κ1) is 11.9. The third-order valence-electron chi connectivity index (χ3n) is 2.76. The van der Waals surface area contributed by atoms with Crippen molar-refractivity contribution in [2.75, 3.05) is 19.6 Å². The summed E-state index contributed by atoms with van der Waals surface area (Å²) in [5.74, 6) is -1.33. The van der Waals surface area contributed by atoms with Crippen LogP contribution >= 0.6 is 0 Å². The molecule has 1 aliphatic rings. The third-order valence-corrected chi connectivity index (χ3v) is 2.76. The molecule has 1 amide bonds. The molecule has 6 nitrogen and oxygen atoms in total. The quantitative estimate of drug-likeness (QED) is 0.534. The minimum atomic E-state index is -0.993. The van der Waals surface area contributed by atoms with Crippen LogP contribution < -0.4 is 11.5 Å². The van der Waals surface area contributed by atoms with Gasteiger partial charge in [0, 0.05) is 12.5 Å². The highest BCUT2D eigenvalue weighted by Crippen LogP contribution is 2.16. The van der Waals surface area contributed by atoms with Crippen LogP contribution in [0.15, 0.2) is 0 Å². The summed E-state index contributed by atoms with van der Waals surface area (Å²) < 4.78 is 0. The van der Waals surface area contributed by atoms with Crippen molar-refractivity contribution in [3.8, 4) is 0 Å². The van der Waals surface area contributed by atoms with Gasteiger partial charge in [0.15, 0.2) is 0 Å². The number of rotatable bonds is 4. The number of carbonyl (C=O) groups excluding carboxylic acids is 1. The maximum absolute atomic E-state index is 10.9. The molecule has 15 heavy (non-hydrogen) atoms. The number of nitrogens with two attached hydrogens (primary N) is 2. The van der Waals surface area contributed by atoms with Crippen LogP contribution in [-0.2, 0) is 9.59 Å². The van der Waals surface area contributed by atoms with E-state index in [9.17, 15) is 9.59 Å². The van der Waals surface area contributed by atoms with E-state index in [-0.39, 0.29) is 11.8 Å². The zero-order valence-electron chi connectivity index (χ0n) is 8.56. The first-order valence-electron chi connectivity index (χ1n) is 5.00. The highest BCUT2D eigenvalue weighted by molar-refractivity contribution is 5.76. The maximum Gasteiger partial charge on any atom is 0.321 e. The summed E-state index contributed by atoms with van der Waals surface area (Å²) in [6.07, 6.45) is 1.39. The highest BCUT2D eigenvalue weighted by atomic mass is 16.4. The third kappa shape index (κ3) is 3.49. The zero-order chi connectivity index (χ0) is 11.4. The highest BCUT2D eigenvalue weighted by Gasteiger charge is 2.25. The number of hydrogen-bond acceptors (Lipinski definition) is 4. The Morgan fingerprint density at radius 1 is 1.40 bits per heavy atom. The number of amides is 1. The van der Waals surface area contributed by atoms with E-state index in [1.807, 2.05) is 4.90 Å². The van der Waals surface area contributed by atoms with Crippen LogP contribution in [0.4, 0.5) is 0 Å². The molecule has 0 bridgehead atoms. The number of primary amides is 1. The Hall–Kier alpha value is -1.14. The van der Waals surface area contributed by atoms with Crippen molar-refractivity contribution in [1.82, 2.24) is 4.90 Å². The Kier molecular flexibility index (Phi) is 4.05. The number of carbonyl (C=O) groups is 2. The van der Waals surface area contributed by atoms with Gasteiger partial charge in [0.1, 0.15) is 6.04 Å². The zero-order valence-corrected chi connectivity index (χ0v) is 8.56. The molecule has 0 aromatic carbocycles. The van der Waals surface area contributed by atoms with Gasteiger partial charge >= 0.3 is 5.97 Å². The molecule has 1 heterocycles. The Morgan fingerprint density at radius 2 is 1.93 bits per heavy atom. The fourth-order valence-corrected chi connectivity index (χ4v) is 1.76. The molecular formula is C9H17N3O3. The molecule has 6 heteroatoms. The number of likely N-dealkylation sites (tertiary alicyclic amines) is 1. The Labute approximate surface area is 88.2 Å². The summed E-state index contributed by atoms with van der Waals surface area (Å²) in [5, 5.41) is 8.63. The Balaban J connectivity index is 2.31. The van der Waals surface area contributed by atoms with Crippen LogP contribution in [0.25, 0.3) is 0 Å². The first-order chi connectivity index (χ1) is 7.00. The Bertz CT molecular complexity index is 249. The fraction of sp³-hybridized carbons (Fsp3) is 0.778. The molecule has 0 radical (unpaired) electrons. The van der Waals surface area contributed by atoms with E-state index < -0.39 is 12.0 Å². The molecule has 0 spiro atoms. The van der Waals surface area contributed by atoms with Gasteiger partial charge in [0.2, 0.25) is 5.91 Å². The van der Waals surface area contributed by atoms with Gasteiger partial charge < -0.3 is 21.5 Å². The van der Waals surface area contributed by atoms with E-state index >= 15 is 0 Å². The van der Waals surface area contributed by atoms with Crippen LogP contribution in [0.2, 0.25) is 0 Å². The molecule has 1 atom stereocenters. The predicted molar refractivity (Wildman–Crippen MR) is 54.0 cm³/mol. The fourth-order valence-electron chi connectivity index (χ4n) is 1.76. The molecule has 1 rings (SSSR count). The summed E-state index contributed by atoms with van der Waals surface area (Å²) in [7, 11) is 0. The standard InChI is InChI=1S/C9H17N3O3/c10-7(9(14)15)5-12-3-1-6(2-4-12)8(11)13/h6-7H,1-5,10H2,(H2,11,13)(H,14,15). The molecule has 1 saturated heterocycles. The molecular weight excluding hydrogens is 198 g/mol. The number of nitrogens with zero attached hydrogens (tertiary/aromatic N) is 1. The maximum atomic E-state index is 10.9. The largest absolute Gasteiger partial charge is 0.480 e. The second kappa shape index (κ2) is 5.09. The number of carboxylic acids is 1. The van der Waals surface area contributed by atoms with Crippen molar-refractivity contribution < 1.29 is 14.7 Å². The smallest absolute Gasteiger partial charge is 0.321 e. The normalized spacial score (nSPS) is 21.1. The summed E-state index contributed by atoms with van der Waals surface area (Å²) >= 11 is 0. The van der Waals surface area contributed by atoms with Crippen LogP contribution in [0.1, 0.15) is 12.8 Å². The molecule has 0 aliphatic carbocycles. The van der Waals surface area contributed by atoms with Crippen LogP contribution in [-0.4, -0.2) is 47.6 Å². The lowest BCUT2D eigenvalue weighted by atomic mass is 9.96. The van der Waals surface area contributed by atoms with Crippen LogP contribution in [0.5, 0.6) is 0 Å². The molecule has 1 fully saturated rings. The van der Waals surface area contributed by atoms with Crippen molar-refractivity contribution >= 4 is 11.9 Å². The average Bonchev–Trinajstić information content (AvgIpc) is 2.18. The molecule has 86 valence electrons. The van der Waals surface area contributed by atoms with Crippen molar-refractivity contribution in [1.29, 1.82) is 0 Å². The number of piperidine rings is 1. The van der Waals surface area contributed by atoms with Gasteiger partial charge in [0.25, 0.3) is 0 Å². The Morgan fingerprint density at radius 3 is 2.33 bits per heavy atom. The van der Waals surface area contributed by atoms with Gasteiger partial charge in [0.05, 0.1) is 0 Å². The summed E-state index contributed by atoms with van der Waals surface area (Å²) in [6.45, 7) is 1.71. The van der Waals surface area contributed by atoms with E-state index in [1.165, 1.54) is 0 Å². The summed E-state index contributed by atoms with van der Waals surface area (Å²) in [6, 6.07) is -0.852. The second-order valence-corrected chi connectivity index (χ2v) is 3.92. The van der Waals surface area contributed by atoms with E-state index in [0.29, 0.717) is 32.5 Å². The van der Waals surface area contributed by atoms with E-state index in [2.05, 4.69) is 0 Å². The van der Waals surface area contributed by atoms with Crippen LogP contribution in [0, 0.1) is 5.92 Å². The van der Waals surface area contributed by atoms with Gasteiger partial charge in [-0.1, -0.05) is 0 Å². The van der Waals surface area contributed by atoms with Crippen molar-refractivity contribution in [3.05, 3.63) is 0 Å². The lowest BCUT2D eigenvalue weighted by molar-refractivity contribution is -0.139. The average molecular weight is 215 g/mol. The van der Waals surface area contributed by atoms with Gasteiger partial charge in [-0.2, -0.15) is 0 Å². The van der Waals surface area contributed by atoms with E-state index in [1.54, 1.807) is 0 Å². The van der Waals surface area contributed by atoms with Crippen LogP contribution in [0.3, 0.4) is 0 Å². The number of carboxylic acid groups (broad SMARTS) is 1. The minimum Gasteiger partial charge on any atom is -0.480 e.